The topological polar surface area (TPSA) is 96.0 Å². The normalized spacial score (nSPS) is 10.1. The number of rotatable bonds is 8. The number of aromatic nitrogens is 3. The smallest absolute Gasteiger partial charge is 0.174 e. The summed E-state index contributed by atoms with van der Waals surface area (Å²) in [6.07, 6.45) is 2.52. The second-order valence-electron chi connectivity index (χ2n) is 4.37. The molecule has 0 saturated carbocycles. The number of aryl methyl sites for hydroxylation is 1. The molecule has 0 fully saturated rings. The van der Waals surface area contributed by atoms with Crippen LogP contribution in [0.4, 0.5) is 5.69 Å². The number of ether oxygens (including phenoxy) is 1. The number of aliphatic hydroxyl groups is 1. The molecule has 1 aromatic carbocycles. The van der Waals surface area contributed by atoms with Crippen molar-refractivity contribution in [2.45, 2.75) is 19.5 Å². The average molecular weight is 287 g/mol. The van der Waals surface area contributed by atoms with Crippen LogP contribution < -0.4 is 10.1 Å². The van der Waals surface area contributed by atoms with Gasteiger partial charge in [0.25, 0.3) is 0 Å². The molecule has 2 aromatic rings. The van der Waals surface area contributed by atoms with Crippen LogP contribution in [0.15, 0.2) is 30.5 Å². The molecule has 2 N–H and O–H groups in total. The Hall–Kier alpha value is -2.59. The molecule has 0 radical (unpaired) electrons. The molecule has 0 saturated heterocycles. The number of nitrogens with one attached hydrogen (secondary N) is 1. The molecule has 0 amide bonds. The van der Waals surface area contributed by atoms with Gasteiger partial charge >= 0.3 is 0 Å². The van der Waals surface area contributed by atoms with Gasteiger partial charge in [-0.25, -0.2) is 0 Å². The first kappa shape index (κ1) is 14.8. The molecule has 1 heterocycles. The van der Waals surface area contributed by atoms with Crippen molar-refractivity contribution < 1.29 is 9.84 Å². The third-order valence-corrected chi connectivity index (χ3v) is 2.76. The zero-order chi connectivity index (χ0) is 14.9. The minimum Gasteiger partial charge on any atom is -0.479 e. The Morgan fingerprint density at radius 3 is 2.86 bits per heavy atom. The maximum Gasteiger partial charge on any atom is 0.174 e. The van der Waals surface area contributed by atoms with Gasteiger partial charge in [-0.3, -0.25) is 4.68 Å². The highest BCUT2D eigenvalue weighted by atomic mass is 16.5. The Kier molecular flexibility index (Phi) is 5.55. The number of benzene rings is 1. The summed E-state index contributed by atoms with van der Waals surface area (Å²) in [5.74, 6) is 0.664. The minimum absolute atomic E-state index is 0.0454. The molecule has 0 unspecified atom stereocenters. The van der Waals surface area contributed by atoms with Crippen LogP contribution in [0.1, 0.15) is 12.1 Å². The third kappa shape index (κ3) is 4.78. The van der Waals surface area contributed by atoms with Gasteiger partial charge in [-0.15, -0.1) is 5.10 Å². The van der Waals surface area contributed by atoms with Crippen molar-refractivity contribution in [1.29, 1.82) is 5.26 Å². The predicted octanol–water partition coefficient (Wildman–Crippen LogP) is 1.17. The molecular weight excluding hydrogens is 270 g/mol. The van der Waals surface area contributed by atoms with E-state index in [9.17, 15) is 0 Å². The van der Waals surface area contributed by atoms with E-state index in [1.54, 1.807) is 16.8 Å². The number of hydrogen-bond donors (Lipinski definition) is 2. The molecule has 110 valence electrons. The summed E-state index contributed by atoms with van der Waals surface area (Å²) in [5, 5.41) is 28.5. The van der Waals surface area contributed by atoms with Crippen molar-refractivity contribution in [1.82, 2.24) is 15.0 Å². The number of hydrogen-bond acceptors (Lipinski definition) is 6. The summed E-state index contributed by atoms with van der Waals surface area (Å²) in [7, 11) is 0. The fraction of sp³-hybridized carbons (Fsp3) is 0.357. The number of nitriles is 1. The molecule has 0 bridgehead atoms. The van der Waals surface area contributed by atoms with Gasteiger partial charge < -0.3 is 15.2 Å². The zero-order valence-corrected chi connectivity index (χ0v) is 11.6. The molecule has 0 atom stereocenters. The monoisotopic (exact) mass is 287 g/mol. The molecule has 0 aliphatic heterocycles. The Morgan fingerprint density at radius 1 is 1.33 bits per heavy atom. The zero-order valence-electron chi connectivity index (χ0n) is 11.6. The van der Waals surface area contributed by atoms with E-state index in [4.69, 9.17) is 15.1 Å². The van der Waals surface area contributed by atoms with Gasteiger partial charge in [-0.1, -0.05) is 5.21 Å². The van der Waals surface area contributed by atoms with E-state index in [0.29, 0.717) is 25.3 Å². The second-order valence-corrected chi connectivity index (χ2v) is 4.37. The summed E-state index contributed by atoms with van der Waals surface area (Å²) < 4.78 is 6.89. The highest BCUT2D eigenvalue weighted by Crippen LogP contribution is 2.16. The fourth-order valence-corrected chi connectivity index (χ4v) is 1.74. The van der Waals surface area contributed by atoms with E-state index < -0.39 is 0 Å². The van der Waals surface area contributed by atoms with Crippen LogP contribution in [-0.4, -0.2) is 33.3 Å². The summed E-state index contributed by atoms with van der Waals surface area (Å²) >= 11 is 0. The molecule has 0 aliphatic rings. The molecule has 0 spiro atoms. The Balaban J connectivity index is 1.82. The Morgan fingerprint density at radius 2 is 2.14 bits per heavy atom. The van der Waals surface area contributed by atoms with E-state index in [0.717, 1.165) is 11.4 Å². The lowest BCUT2D eigenvalue weighted by Gasteiger charge is -2.05. The maximum absolute atomic E-state index is 8.76. The number of nitrogens with zero attached hydrogens (tertiary/aromatic N) is 4. The van der Waals surface area contributed by atoms with Gasteiger partial charge in [0.2, 0.25) is 0 Å². The van der Waals surface area contributed by atoms with Crippen LogP contribution in [0.3, 0.4) is 0 Å². The molecule has 2 rings (SSSR count). The van der Waals surface area contributed by atoms with Gasteiger partial charge in [-0.05, 0) is 30.7 Å². The predicted molar refractivity (Wildman–Crippen MR) is 76.6 cm³/mol. The largest absolute Gasteiger partial charge is 0.479 e. The van der Waals surface area contributed by atoms with Crippen LogP contribution in [0, 0.1) is 11.3 Å². The van der Waals surface area contributed by atoms with Crippen molar-refractivity contribution in [2.75, 3.05) is 18.5 Å². The summed E-state index contributed by atoms with van der Waals surface area (Å²) in [4.78, 5) is 0. The van der Waals surface area contributed by atoms with Crippen LogP contribution in [0.5, 0.6) is 5.75 Å². The van der Waals surface area contributed by atoms with Gasteiger partial charge in [0.15, 0.2) is 6.61 Å². The van der Waals surface area contributed by atoms with Crippen LogP contribution >= 0.6 is 0 Å². The lowest BCUT2D eigenvalue weighted by atomic mass is 10.3. The van der Waals surface area contributed by atoms with Crippen molar-refractivity contribution in [3.8, 4) is 11.8 Å². The summed E-state index contributed by atoms with van der Waals surface area (Å²) in [6, 6.07) is 9.29. The van der Waals surface area contributed by atoms with E-state index in [2.05, 4.69) is 15.6 Å². The van der Waals surface area contributed by atoms with E-state index in [-0.39, 0.29) is 13.2 Å². The van der Waals surface area contributed by atoms with Crippen molar-refractivity contribution in [3.63, 3.8) is 0 Å². The first-order chi connectivity index (χ1) is 10.3. The third-order valence-electron chi connectivity index (χ3n) is 2.76. The molecule has 0 aliphatic carbocycles. The lowest BCUT2D eigenvalue weighted by Crippen LogP contribution is -2.01. The first-order valence-corrected chi connectivity index (χ1v) is 6.65. The van der Waals surface area contributed by atoms with Gasteiger partial charge in [0.05, 0.1) is 12.7 Å². The van der Waals surface area contributed by atoms with Crippen LogP contribution in [0.2, 0.25) is 0 Å². The van der Waals surface area contributed by atoms with Gasteiger partial charge in [-0.2, -0.15) is 5.26 Å². The van der Waals surface area contributed by atoms with Gasteiger partial charge in [0, 0.05) is 18.8 Å². The molecular formula is C14H17N5O2. The average Bonchev–Trinajstić information content (AvgIpc) is 2.98. The summed E-state index contributed by atoms with van der Waals surface area (Å²) in [6.45, 7) is 1.42. The van der Waals surface area contributed by atoms with Crippen LogP contribution in [0.25, 0.3) is 0 Å². The van der Waals surface area contributed by atoms with E-state index in [1.165, 1.54) is 0 Å². The van der Waals surface area contributed by atoms with Crippen molar-refractivity contribution in [2.24, 2.45) is 0 Å². The highest BCUT2D eigenvalue weighted by Gasteiger charge is 2.01. The molecule has 1 aromatic heterocycles. The molecule has 7 heteroatoms. The number of anilines is 1. The summed E-state index contributed by atoms with van der Waals surface area (Å²) in [5.41, 5.74) is 1.77. The van der Waals surface area contributed by atoms with Crippen molar-refractivity contribution in [3.05, 3.63) is 36.2 Å². The quantitative estimate of drug-likeness (QED) is 0.756. The van der Waals surface area contributed by atoms with E-state index in [1.807, 2.05) is 24.4 Å². The SMILES string of the molecule is N#CCOc1ccc(NCc2cn(CCCO)nn2)cc1. The highest BCUT2D eigenvalue weighted by molar-refractivity contribution is 5.46. The Labute approximate surface area is 122 Å². The minimum atomic E-state index is 0.0454. The van der Waals surface area contributed by atoms with Gasteiger partial charge in [0.1, 0.15) is 17.5 Å². The maximum atomic E-state index is 8.76. The number of aliphatic hydroxyl groups excluding tert-OH is 1. The first-order valence-electron chi connectivity index (χ1n) is 6.65. The molecule has 21 heavy (non-hydrogen) atoms. The van der Waals surface area contributed by atoms with E-state index >= 15 is 0 Å². The Bertz CT molecular complexity index is 588. The van der Waals surface area contributed by atoms with Crippen molar-refractivity contribution >= 4 is 5.69 Å². The fourth-order valence-electron chi connectivity index (χ4n) is 1.74. The standard InChI is InChI=1S/C14H17N5O2/c15-6-9-21-14-4-2-12(3-5-14)16-10-13-11-19(18-17-13)7-1-8-20/h2-5,11,16,20H,1,7-10H2. The second kappa shape index (κ2) is 7.87. The lowest BCUT2D eigenvalue weighted by molar-refractivity contribution is 0.276. The molecule has 7 nitrogen and oxygen atoms in total. The van der Waals surface area contributed by atoms with Crippen LogP contribution in [-0.2, 0) is 13.1 Å².